The lowest BCUT2D eigenvalue weighted by atomic mass is 10.2. The fourth-order valence-electron chi connectivity index (χ4n) is 1.63. The molecule has 0 bridgehead atoms. The van der Waals surface area contributed by atoms with Gasteiger partial charge in [-0.3, -0.25) is 10.1 Å². The molecule has 0 saturated heterocycles. The Morgan fingerprint density at radius 3 is 2.53 bits per heavy atom. The molecule has 2 aromatic rings. The highest BCUT2D eigenvalue weighted by Crippen LogP contribution is 2.28. The molecule has 19 heavy (non-hydrogen) atoms. The van der Waals surface area contributed by atoms with Gasteiger partial charge >= 0.3 is 5.69 Å². The van der Waals surface area contributed by atoms with Crippen LogP contribution in [0.2, 0.25) is 0 Å². The van der Waals surface area contributed by atoms with Crippen LogP contribution in [0, 0.1) is 17.0 Å². The third kappa shape index (κ3) is 3.54. The Morgan fingerprint density at radius 2 is 1.89 bits per heavy atom. The minimum absolute atomic E-state index is 0.0114. The van der Waals surface area contributed by atoms with Crippen LogP contribution in [0.25, 0.3) is 0 Å². The van der Waals surface area contributed by atoms with Crippen molar-refractivity contribution in [1.82, 2.24) is 0 Å². The molecule has 2 rings (SSSR count). The Balaban J connectivity index is 2.16. The maximum atomic E-state index is 10.9. The molecule has 98 valence electrons. The molecule has 0 aromatic heterocycles. The van der Waals surface area contributed by atoms with Crippen LogP contribution in [0.5, 0.6) is 5.75 Å². The smallest absolute Gasteiger partial charge is 0.310 e. The third-order valence-corrected chi connectivity index (χ3v) is 3.15. The van der Waals surface area contributed by atoms with Gasteiger partial charge in [-0.25, -0.2) is 0 Å². The predicted molar refractivity (Wildman–Crippen MR) is 76.3 cm³/mol. The van der Waals surface area contributed by atoms with Crippen LogP contribution in [0.3, 0.4) is 0 Å². The van der Waals surface area contributed by atoms with E-state index in [9.17, 15) is 10.1 Å². The molecule has 0 unspecified atom stereocenters. The lowest BCUT2D eigenvalue weighted by molar-refractivity contribution is -0.386. The van der Waals surface area contributed by atoms with E-state index in [-0.39, 0.29) is 5.69 Å². The van der Waals surface area contributed by atoms with Crippen molar-refractivity contribution < 1.29 is 9.66 Å². The fourth-order valence-corrected chi connectivity index (χ4v) is 1.89. The number of benzene rings is 2. The monoisotopic (exact) mass is 321 g/mol. The zero-order valence-corrected chi connectivity index (χ0v) is 11.9. The van der Waals surface area contributed by atoms with Crippen molar-refractivity contribution in [2.45, 2.75) is 13.5 Å². The van der Waals surface area contributed by atoms with E-state index >= 15 is 0 Å². The molecule has 2 aromatic carbocycles. The maximum absolute atomic E-state index is 10.9. The summed E-state index contributed by atoms with van der Waals surface area (Å²) in [6, 6.07) is 12.5. The van der Waals surface area contributed by atoms with Crippen LogP contribution in [-0.2, 0) is 6.61 Å². The topological polar surface area (TPSA) is 52.4 Å². The van der Waals surface area contributed by atoms with Crippen LogP contribution in [-0.4, -0.2) is 4.92 Å². The molecule has 0 aliphatic heterocycles. The summed E-state index contributed by atoms with van der Waals surface area (Å²) in [6.07, 6.45) is 0. The zero-order valence-electron chi connectivity index (χ0n) is 10.3. The maximum Gasteiger partial charge on any atom is 0.310 e. The number of rotatable bonds is 4. The van der Waals surface area contributed by atoms with Crippen molar-refractivity contribution in [2.24, 2.45) is 0 Å². The van der Waals surface area contributed by atoms with Crippen molar-refractivity contribution in [3.8, 4) is 5.75 Å². The normalized spacial score (nSPS) is 10.2. The van der Waals surface area contributed by atoms with Gasteiger partial charge in [0, 0.05) is 10.5 Å². The van der Waals surface area contributed by atoms with Gasteiger partial charge in [0.2, 0.25) is 0 Å². The first-order valence-corrected chi connectivity index (χ1v) is 6.48. The second kappa shape index (κ2) is 5.84. The molecule has 0 radical (unpaired) electrons. The van der Waals surface area contributed by atoms with E-state index in [1.165, 1.54) is 6.07 Å². The van der Waals surface area contributed by atoms with Crippen LogP contribution in [0.4, 0.5) is 5.69 Å². The summed E-state index contributed by atoms with van der Waals surface area (Å²) in [4.78, 5) is 10.5. The van der Waals surface area contributed by atoms with Crippen LogP contribution in [0.1, 0.15) is 11.1 Å². The summed E-state index contributed by atoms with van der Waals surface area (Å²) >= 11 is 3.35. The highest BCUT2D eigenvalue weighted by molar-refractivity contribution is 9.10. The summed E-state index contributed by atoms with van der Waals surface area (Å²) in [5, 5.41) is 10.9. The number of hydrogen-bond acceptors (Lipinski definition) is 3. The van der Waals surface area contributed by atoms with Gasteiger partial charge in [-0.15, -0.1) is 0 Å². The quantitative estimate of drug-likeness (QED) is 0.625. The minimum Gasteiger partial charge on any atom is -0.482 e. The minimum atomic E-state index is -0.434. The molecule has 0 N–H and O–H groups in total. The summed E-state index contributed by atoms with van der Waals surface area (Å²) < 4.78 is 6.53. The van der Waals surface area contributed by atoms with Gasteiger partial charge in [0.25, 0.3) is 0 Å². The van der Waals surface area contributed by atoms with E-state index in [1.807, 2.05) is 31.2 Å². The van der Waals surface area contributed by atoms with E-state index < -0.39 is 4.92 Å². The van der Waals surface area contributed by atoms with E-state index in [4.69, 9.17) is 4.74 Å². The number of nitrogens with zero attached hydrogens (tertiary/aromatic N) is 1. The molecular formula is C14H12BrNO3. The van der Waals surface area contributed by atoms with E-state index in [0.29, 0.717) is 12.4 Å². The summed E-state index contributed by atoms with van der Waals surface area (Å²) in [5.41, 5.74) is 1.87. The Bertz CT molecular complexity index is 596. The first-order chi connectivity index (χ1) is 9.06. The average Bonchev–Trinajstić information content (AvgIpc) is 2.38. The standard InChI is InChI=1S/C14H12BrNO3/c1-10-2-7-13(16(17)18)14(8-10)19-9-11-3-5-12(15)6-4-11/h2-8H,9H2,1H3. The molecule has 4 nitrogen and oxygen atoms in total. The lowest BCUT2D eigenvalue weighted by Crippen LogP contribution is -1.99. The number of nitro benzene ring substituents is 1. The number of aryl methyl sites for hydroxylation is 1. The molecule has 0 fully saturated rings. The van der Waals surface area contributed by atoms with Crippen LogP contribution >= 0.6 is 15.9 Å². The fraction of sp³-hybridized carbons (Fsp3) is 0.143. The molecular weight excluding hydrogens is 310 g/mol. The molecule has 0 atom stereocenters. The van der Waals surface area contributed by atoms with E-state index in [0.717, 1.165) is 15.6 Å². The molecule has 0 aliphatic carbocycles. The largest absolute Gasteiger partial charge is 0.482 e. The number of ether oxygens (including phenoxy) is 1. The number of halogens is 1. The van der Waals surface area contributed by atoms with Crippen molar-refractivity contribution in [2.75, 3.05) is 0 Å². The van der Waals surface area contributed by atoms with Gasteiger partial charge in [-0.2, -0.15) is 0 Å². The van der Waals surface area contributed by atoms with Crippen LogP contribution < -0.4 is 4.74 Å². The van der Waals surface area contributed by atoms with E-state index in [2.05, 4.69) is 15.9 Å². The van der Waals surface area contributed by atoms with Crippen molar-refractivity contribution in [1.29, 1.82) is 0 Å². The summed E-state index contributed by atoms with van der Waals surface area (Å²) in [6.45, 7) is 2.17. The number of hydrogen-bond donors (Lipinski definition) is 0. The first-order valence-electron chi connectivity index (χ1n) is 5.68. The number of nitro groups is 1. The Kier molecular flexibility index (Phi) is 4.16. The van der Waals surface area contributed by atoms with Crippen molar-refractivity contribution >= 4 is 21.6 Å². The predicted octanol–water partition coefficient (Wildman–Crippen LogP) is 4.24. The second-order valence-electron chi connectivity index (χ2n) is 4.14. The van der Waals surface area contributed by atoms with Gasteiger partial charge in [0.05, 0.1) is 4.92 Å². The third-order valence-electron chi connectivity index (χ3n) is 2.62. The lowest BCUT2D eigenvalue weighted by Gasteiger charge is -2.07. The van der Waals surface area contributed by atoms with Gasteiger partial charge in [-0.05, 0) is 36.2 Å². The summed E-state index contributed by atoms with van der Waals surface area (Å²) in [5.74, 6) is 0.299. The highest BCUT2D eigenvalue weighted by atomic mass is 79.9. The molecule has 0 saturated carbocycles. The van der Waals surface area contributed by atoms with Crippen LogP contribution in [0.15, 0.2) is 46.9 Å². The van der Waals surface area contributed by atoms with Gasteiger partial charge < -0.3 is 4.74 Å². The highest BCUT2D eigenvalue weighted by Gasteiger charge is 2.14. The zero-order chi connectivity index (χ0) is 13.8. The SMILES string of the molecule is Cc1ccc([N+](=O)[O-])c(OCc2ccc(Br)cc2)c1. The van der Waals surface area contributed by atoms with E-state index in [1.54, 1.807) is 12.1 Å². The molecule has 0 aliphatic rings. The summed E-state index contributed by atoms with van der Waals surface area (Å²) in [7, 11) is 0. The Labute approximate surface area is 119 Å². The van der Waals surface area contributed by atoms with Crippen molar-refractivity contribution in [3.63, 3.8) is 0 Å². The van der Waals surface area contributed by atoms with Gasteiger partial charge in [0.1, 0.15) is 6.61 Å². The molecule has 0 amide bonds. The van der Waals surface area contributed by atoms with Gasteiger partial charge in [0.15, 0.2) is 5.75 Å². The molecule has 0 heterocycles. The molecule has 0 spiro atoms. The Morgan fingerprint density at radius 1 is 1.21 bits per heavy atom. The van der Waals surface area contributed by atoms with Gasteiger partial charge in [-0.1, -0.05) is 34.1 Å². The first kappa shape index (κ1) is 13.5. The Hall–Kier alpha value is -1.88. The van der Waals surface area contributed by atoms with Crippen molar-refractivity contribution in [3.05, 3.63) is 68.2 Å². The second-order valence-corrected chi connectivity index (χ2v) is 5.06. The average molecular weight is 322 g/mol. The molecule has 5 heteroatoms.